The van der Waals surface area contributed by atoms with Gasteiger partial charge in [0.1, 0.15) is 0 Å². The fraction of sp³-hybridized carbons (Fsp3) is 0.500. The average Bonchev–Trinajstić information content (AvgIpc) is 2.66. The van der Waals surface area contributed by atoms with Crippen molar-refractivity contribution in [1.82, 2.24) is 10.6 Å². The molecule has 3 heteroatoms. The zero-order valence-electron chi connectivity index (χ0n) is 9.86. The van der Waals surface area contributed by atoms with Gasteiger partial charge in [0.15, 0.2) is 0 Å². The van der Waals surface area contributed by atoms with Gasteiger partial charge in [0.2, 0.25) is 5.91 Å². The Hall–Kier alpha value is -1.35. The second kappa shape index (κ2) is 4.49. The summed E-state index contributed by atoms with van der Waals surface area (Å²) in [5.74, 6) is 0.216. The quantitative estimate of drug-likeness (QED) is 0.772. The van der Waals surface area contributed by atoms with E-state index in [9.17, 15) is 4.79 Å². The van der Waals surface area contributed by atoms with Crippen LogP contribution in [0.15, 0.2) is 30.3 Å². The van der Waals surface area contributed by atoms with E-state index in [1.54, 1.807) is 0 Å². The largest absolute Gasteiger partial charge is 0.352 e. The average molecular weight is 230 g/mol. The highest BCUT2D eigenvalue weighted by molar-refractivity contribution is 5.76. The number of hydrogen-bond donors (Lipinski definition) is 2. The van der Waals surface area contributed by atoms with E-state index in [1.165, 1.54) is 5.56 Å². The lowest BCUT2D eigenvalue weighted by Gasteiger charge is -2.16. The van der Waals surface area contributed by atoms with Gasteiger partial charge in [0.25, 0.3) is 0 Å². The van der Waals surface area contributed by atoms with Gasteiger partial charge < -0.3 is 10.6 Å². The molecule has 2 heterocycles. The van der Waals surface area contributed by atoms with Crippen LogP contribution < -0.4 is 10.6 Å². The van der Waals surface area contributed by atoms with Gasteiger partial charge in [-0.3, -0.25) is 4.79 Å². The monoisotopic (exact) mass is 230 g/mol. The van der Waals surface area contributed by atoms with Crippen LogP contribution in [0.25, 0.3) is 0 Å². The van der Waals surface area contributed by atoms with Crippen LogP contribution in [0, 0.1) is 0 Å². The summed E-state index contributed by atoms with van der Waals surface area (Å²) in [5.41, 5.74) is 1.33. The molecule has 0 radical (unpaired) electrons. The molecule has 0 spiro atoms. The van der Waals surface area contributed by atoms with Gasteiger partial charge in [-0.2, -0.15) is 0 Å². The molecule has 0 aliphatic carbocycles. The molecular formula is C14H18N2O. The van der Waals surface area contributed by atoms with Gasteiger partial charge in [-0.1, -0.05) is 30.3 Å². The minimum atomic E-state index is 0.216. The third-order valence-corrected chi connectivity index (χ3v) is 3.86. The molecule has 2 aliphatic heterocycles. The molecule has 1 amide bonds. The maximum atomic E-state index is 11.5. The molecule has 3 atom stereocenters. The molecule has 0 saturated carbocycles. The standard InChI is InChI=1S/C14H18N2O/c17-14-8-4-7-11-13(16-14)9-12(15-11)10-5-2-1-3-6-10/h1-3,5-6,11-13,15H,4,7-9H2,(H,16,17)/t11-,12-,13+/m1/s1. The molecule has 0 unspecified atom stereocenters. The topological polar surface area (TPSA) is 41.1 Å². The number of carbonyl (C=O) groups excluding carboxylic acids is 1. The Labute approximate surface area is 102 Å². The van der Waals surface area contributed by atoms with Crippen molar-refractivity contribution in [2.24, 2.45) is 0 Å². The van der Waals surface area contributed by atoms with Crippen LogP contribution in [0.4, 0.5) is 0 Å². The summed E-state index contributed by atoms with van der Waals surface area (Å²) in [7, 11) is 0. The molecule has 2 fully saturated rings. The van der Waals surface area contributed by atoms with Crippen molar-refractivity contribution >= 4 is 5.91 Å². The minimum absolute atomic E-state index is 0.216. The van der Waals surface area contributed by atoms with E-state index >= 15 is 0 Å². The van der Waals surface area contributed by atoms with E-state index in [0.717, 1.165) is 19.3 Å². The van der Waals surface area contributed by atoms with Crippen molar-refractivity contribution < 1.29 is 4.79 Å². The lowest BCUT2D eigenvalue weighted by molar-refractivity contribution is -0.121. The summed E-state index contributed by atoms with van der Waals surface area (Å²) in [6.07, 6.45) is 3.80. The first-order chi connectivity index (χ1) is 8.33. The molecule has 3 nitrogen and oxygen atoms in total. The highest BCUT2D eigenvalue weighted by Crippen LogP contribution is 2.30. The van der Waals surface area contributed by atoms with Crippen molar-refractivity contribution in [3.63, 3.8) is 0 Å². The van der Waals surface area contributed by atoms with Crippen molar-refractivity contribution in [3.05, 3.63) is 35.9 Å². The van der Waals surface area contributed by atoms with Gasteiger partial charge in [-0.25, -0.2) is 0 Å². The second-order valence-electron chi connectivity index (χ2n) is 5.04. The van der Waals surface area contributed by atoms with Gasteiger partial charge >= 0.3 is 0 Å². The molecule has 0 aromatic heterocycles. The second-order valence-corrected chi connectivity index (χ2v) is 5.04. The van der Waals surface area contributed by atoms with E-state index in [1.807, 2.05) is 6.07 Å². The molecule has 0 bridgehead atoms. The Morgan fingerprint density at radius 3 is 2.76 bits per heavy atom. The van der Waals surface area contributed by atoms with E-state index in [-0.39, 0.29) is 5.91 Å². The van der Waals surface area contributed by atoms with Gasteiger partial charge in [0, 0.05) is 24.5 Å². The van der Waals surface area contributed by atoms with Crippen LogP contribution in [0.2, 0.25) is 0 Å². The fourth-order valence-corrected chi connectivity index (χ4v) is 2.98. The Morgan fingerprint density at radius 2 is 1.94 bits per heavy atom. The first-order valence-electron chi connectivity index (χ1n) is 6.43. The van der Waals surface area contributed by atoms with Gasteiger partial charge in [-0.05, 0) is 24.8 Å². The number of rotatable bonds is 1. The summed E-state index contributed by atoms with van der Waals surface area (Å²) in [5, 5.41) is 6.79. The molecule has 2 saturated heterocycles. The zero-order chi connectivity index (χ0) is 11.7. The fourth-order valence-electron chi connectivity index (χ4n) is 2.98. The van der Waals surface area contributed by atoms with Crippen molar-refractivity contribution in [2.75, 3.05) is 0 Å². The Balaban J connectivity index is 1.75. The molecule has 17 heavy (non-hydrogen) atoms. The minimum Gasteiger partial charge on any atom is -0.352 e. The lowest BCUT2D eigenvalue weighted by atomic mass is 10.0. The summed E-state index contributed by atoms with van der Waals surface area (Å²) < 4.78 is 0. The molecule has 1 aromatic rings. The lowest BCUT2D eigenvalue weighted by Crippen LogP contribution is -2.40. The number of amides is 1. The SMILES string of the molecule is O=C1CCC[C@H]2N[C@@H](c3ccccc3)C[C@@H]2N1. The first kappa shape index (κ1) is 10.8. The summed E-state index contributed by atoms with van der Waals surface area (Å²) >= 11 is 0. The number of carbonyl (C=O) groups is 1. The van der Waals surface area contributed by atoms with Crippen LogP contribution in [0.5, 0.6) is 0 Å². The van der Waals surface area contributed by atoms with Gasteiger partial charge in [-0.15, -0.1) is 0 Å². The normalized spacial score (nSPS) is 32.7. The number of nitrogens with one attached hydrogen (secondary N) is 2. The van der Waals surface area contributed by atoms with E-state index in [2.05, 4.69) is 34.9 Å². The van der Waals surface area contributed by atoms with Crippen LogP contribution in [0.3, 0.4) is 0 Å². The highest BCUT2D eigenvalue weighted by atomic mass is 16.1. The summed E-state index contributed by atoms with van der Waals surface area (Å²) in [6, 6.07) is 11.7. The molecule has 3 rings (SSSR count). The zero-order valence-corrected chi connectivity index (χ0v) is 9.86. The molecule has 2 aliphatic rings. The Kier molecular flexibility index (Phi) is 2.85. The molecule has 2 N–H and O–H groups in total. The van der Waals surface area contributed by atoms with Crippen molar-refractivity contribution in [3.8, 4) is 0 Å². The van der Waals surface area contributed by atoms with E-state index in [4.69, 9.17) is 0 Å². The van der Waals surface area contributed by atoms with E-state index in [0.29, 0.717) is 24.5 Å². The summed E-state index contributed by atoms with van der Waals surface area (Å²) in [6.45, 7) is 0. The number of benzene rings is 1. The van der Waals surface area contributed by atoms with Crippen LogP contribution in [0.1, 0.15) is 37.3 Å². The maximum Gasteiger partial charge on any atom is 0.220 e. The Bertz CT molecular complexity index is 404. The third-order valence-electron chi connectivity index (χ3n) is 3.86. The maximum absolute atomic E-state index is 11.5. The predicted molar refractivity (Wildman–Crippen MR) is 66.5 cm³/mol. The molecule has 90 valence electrons. The van der Waals surface area contributed by atoms with E-state index < -0.39 is 0 Å². The highest BCUT2D eigenvalue weighted by Gasteiger charge is 2.36. The van der Waals surface area contributed by atoms with Crippen molar-refractivity contribution in [1.29, 1.82) is 0 Å². The van der Waals surface area contributed by atoms with Crippen LogP contribution >= 0.6 is 0 Å². The number of fused-ring (bicyclic) bond motifs is 1. The van der Waals surface area contributed by atoms with Gasteiger partial charge in [0.05, 0.1) is 0 Å². The Morgan fingerprint density at radius 1 is 1.12 bits per heavy atom. The third kappa shape index (κ3) is 2.20. The smallest absolute Gasteiger partial charge is 0.220 e. The summed E-state index contributed by atoms with van der Waals surface area (Å²) in [4.78, 5) is 11.5. The van der Waals surface area contributed by atoms with Crippen molar-refractivity contribution in [2.45, 2.75) is 43.8 Å². The molecular weight excluding hydrogens is 212 g/mol. The predicted octanol–water partition coefficient (Wildman–Crippen LogP) is 1.76. The first-order valence-corrected chi connectivity index (χ1v) is 6.43. The molecule has 1 aromatic carbocycles. The van der Waals surface area contributed by atoms with Crippen LogP contribution in [-0.4, -0.2) is 18.0 Å². The van der Waals surface area contributed by atoms with Crippen LogP contribution in [-0.2, 0) is 4.79 Å². The number of hydrogen-bond acceptors (Lipinski definition) is 2.